The average Bonchev–Trinajstić information content (AvgIpc) is 2.79. The van der Waals surface area contributed by atoms with E-state index in [1.165, 1.54) is 13.2 Å². The van der Waals surface area contributed by atoms with Crippen molar-refractivity contribution in [1.82, 2.24) is 5.32 Å². The van der Waals surface area contributed by atoms with Crippen LogP contribution >= 0.6 is 0 Å². The third kappa shape index (κ3) is 8.09. The van der Waals surface area contributed by atoms with Gasteiger partial charge in [0, 0.05) is 13.2 Å². The van der Waals surface area contributed by atoms with E-state index in [1.54, 1.807) is 18.2 Å². The number of ether oxygens (including phenoxy) is 2. The molecule has 1 aliphatic rings. The molecule has 0 bridgehead atoms. The molecule has 1 amide bonds. The lowest BCUT2D eigenvalue weighted by atomic mass is 9.97. The van der Waals surface area contributed by atoms with E-state index in [9.17, 15) is 20.1 Å². The monoisotopic (exact) mass is 427 g/mol. The van der Waals surface area contributed by atoms with E-state index in [1.807, 2.05) is 66.8 Å². The third-order valence-corrected chi connectivity index (χ3v) is 4.54. The van der Waals surface area contributed by atoms with Gasteiger partial charge in [0.2, 0.25) is 5.91 Å². The Labute approximate surface area is 182 Å². The Hall–Kier alpha value is -2.81. The lowest BCUT2D eigenvalue weighted by molar-refractivity contribution is -0.262. The minimum Gasteiger partial charge on any atom is -0.394 e. The molecule has 1 heterocycles. The summed E-state index contributed by atoms with van der Waals surface area (Å²) in [5, 5.41) is 31.9. The molecule has 31 heavy (non-hydrogen) atoms. The van der Waals surface area contributed by atoms with Crippen LogP contribution in [0.5, 0.6) is 0 Å². The maximum atomic E-state index is 12.1. The Bertz CT molecular complexity index is 813. The summed E-state index contributed by atoms with van der Waals surface area (Å²) < 4.78 is 10.4. The van der Waals surface area contributed by atoms with E-state index in [0.29, 0.717) is 0 Å². The van der Waals surface area contributed by atoms with E-state index in [4.69, 9.17) is 9.47 Å². The van der Waals surface area contributed by atoms with Crippen molar-refractivity contribution >= 4 is 12.0 Å². The summed E-state index contributed by atoms with van der Waals surface area (Å²) in [6.45, 7) is -0.477. The average molecular weight is 427 g/mol. The van der Waals surface area contributed by atoms with Gasteiger partial charge in [0.1, 0.15) is 24.4 Å². The van der Waals surface area contributed by atoms with E-state index < -0.39 is 43.2 Å². The molecule has 0 aromatic heterocycles. The fourth-order valence-electron chi connectivity index (χ4n) is 2.91. The van der Waals surface area contributed by atoms with Gasteiger partial charge >= 0.3 is 0 Å². The van der Waals surface area contributed by atoms with Crippen molar-refractivity contribution in [1.29, 1.82) is 0 Å². The summed E-state index contributed by atoms with van der Waals surface area (Å²) in [6, 6.07) is 9.02. The molecule has 0 aliphatic carbocycles. The number of nitrogens with one attached hydrogen (secondary N) is 1. The predicted octanol–water partition coefficient (Wildman–Crippen LogP) is 1.49. The van der Waals surface area contributed by atoms with Crippen molar-refractivity contribution in [2.45, 2.75) is 30.6 Å². The maximum Gasteiger partial charge on any atom is 0.244 e. The van der Waals surface area contributed by atoms with Gasteiger partial charge in [0.05, 0.1) is 6.61 Å². The van der Waals surface area contributed by atoms with Crippen LogP contribution in [0.15, 0.2) is 85.0 Å². The fraction of sp³-hybridized carbons (Fsp3) is 0.292. The lowest BCUT2D eigenvalue weighted by Crippen LogP contribution is -2.64. The number of aliphatic hydroxyl groups is 3. The molecule has 5 atom stereocenters. The Morgan fingerprint density at radius 2 is 1.61 bits per heavy atom. The lowest BCUT2D eigenvalue weighted by Gasteiger charge is -2.41. The van der Waals surface area contributed by atoms with Crippen molar-refractivity contribution in [3.05, 3.63) is 90.6 Å². The Balaban J connectivity index is 1.77. The van der Waals surface area contributed by atoms with Gasteiger partial charge < -0.3 is 30.1 Å². The van der Waals surface area contributed by atoms with Gasteiger partial charge in [-0.1, -0.05) is 85.0 Å². The molecule has 1 aromatic rings. The molecule has 4 N–H and O–H groups in total. The van der Waals surface area contributed by atoms with Crippen LogP contribution in [-0.2, 0) is 14.3 Å². The van der Waals surface area contributed by atoms with Crippen molar-refractivity contribution in [2.75, 3.05) is 13.7 Å². The van der Waals surface area contributed by atoms with Crippen LogP contribution < -0.4 is 5.32 Å². The number of benzene rings is 1. The quantitative estimate of drug-likeness (QED) is 0.351. The smallest absolute Gasteiger partial charge is 0.244 e. The molecule has 5 unspecified atom stereocenters. The Morgan fingerprint density at radius 1 is 1.00 bits per heavy atom. The number of carbonyl (C=O) groups is 1. The number of methoxy groups -OCH3 is 1. The zero-order valence-corrected chi connectivity index (χ0v) is 17.3. The number of amides is 1. The molecule has 1 saturated heterocycles. The van der Waals surface area contributed by atoms with Crippen LogP contribution in [-0.4, -0.2) is 65.6 Å². The highest BCUT2D eigenvalue weighted by Crippen LogP contribution is 2.21. The van der Waals surface area contributed by atoms with E-state index in [2.05, 4.69) is 5.32 Å². The number of hydrogen-bond acceptors (Lipinski definition) is 6. The first kappa shape index (κ1) is 24.5. The van der Waals surface area contributed by atoms with Crippen LogP contribution in [0, 0.1) is 0 Å². The number of hydrogen-bond donors (Lipinski definition) is 4. The molecular weight excluding hydrogens is 398 g/mol. The first-order valence-corrected chi connectivity index (χ1v) is 9.92. The second-order valence-corrected chi connectivity index (χ2v) is 6.76. The SMILES string of the molecule is COC1OC(CO)C(O)C(O)C1NC(=O)/C=C/C=C/C=C/C=C/C=C/c1ccccc1. The molecule has 1 aliphatic heterocycles. The molecule has 7 nitrogen and oxygen atoms in total. The summed E-state index contributed by atoms with van der Waals surface area (Å²) in [4.78, 5) is 12.1. The highest BCUT2D eigenvalue weighted by atomic mass is 16.7. The molecule has 166 valence electrons. The normalized spacial score (nSPS) is 27.3. The van der Waals surface area contributed by atoms with Crippen LogP contribution in [0.1, 0.15) is 5.56 Å². The van der Waals surface area contributed by atoms with Crippen molar-refractivity contribution in [2.24, 2.45) is 0 Å². The van der Waals surface area contributed by atoms with Crippen molar-refractivity contribution in [3.8, 4) is 0 Å². The molecule has 1 fully saturated rings. The van der Waals surface area contributed by atoms with Crippen LogP contribution in [0.2, 0.25) is 0 Å². The first-order valence-electron chi connectivity index (χ1n) is 9.92. The largest absolute Gasteiger partial charge is 0.394 e. The highest BCUT2D eigenvalue weighted by Gasteiger charge is 2.44. The topological polar surface area (TPSA) is 108 Å². The van der Waals surface area contributed by atoms with E-state index in [-0.39, 0.29) is 0 Å². The summed E-state index contributed by atoms with van der Waals surface area (Å²) in [5.74, 6) is -0.482. The third-order valence-electron chi connectivity index (χ3n) is 4.54. The maximum absolute atomic E-state index is 12.1. The minimum absolute atomic E-state index is 0.477. The number of allylic oxidation sites excluding steroid dienone is 8. The minimum atomic E-state index is -1.34. The van der Waals surface area contributed by atoms with E-state index >= 15 is 0 Å². The summed E-state index contributed by atoms with van der Waals surface area (Å²) >= 11 is 0. The van der Waals surface area contributed by atoms with Crippen LogP contribution in [0.25, 0.3) is 6.08 Å². The molecule has 0 radical (unpaired) electrons. The molecule has 0 spiro atoms. The molecule has 2 rings (SSSR count). The summed E-state index contributed by atoms with van der Waals surface area (Å²) in [5.41, 5.74) is 1.13. The first-order chi connectivity index (χ1) is 15.1. The predicted molar refractivity (Wildman–Crippen MR) is 119 cm³/mol. The van der Waals surface area contributed by atoms with Crippen LogP contribution in [0.3, 0.4) is 0 Å². The zero-order valence-electron chi connectivity index (χ0n) is 17.3. The molecule has 7 heteroatoms. The summed E-state index contributed by atoms with van der Waals surface area (Å²) in [6.07, 6.45) is 13.1. The zero-order chi connectivity index (χ0) is 22.5. The standard InChI is InChI=1S/C24H29NO6/c1-30-24-21(23(29)22(28)19(17-26)31-24)25-20(27)16-12-7-5-3-2-4-6-9-13-18-14-10-8-11-15-18/h2-16,19,21-24,26,28-29H,17H2,1H3,(H,25,27)/b3-2+,6-4+,7-5+,13-9+,16-12+. The van der Waals surface area contributed by atoms with Gasteiger partial charge in [0.25, 0.3) is 0 Å². The second kappa shape index (κ2) is 13.5. The second-order valence-electron chi connectivity index (χ2n) is 6.76. The van der Waals surface area contributed by atoms with Crippen LogP contribution in [0.4, 0.5) is 0 Å². The van der Waals surface area contributed by atoms with Gasteiger partial charge in [-0.25, -0.2) is 0 Å². The number of rotatable bonds is 9. The molecule has 0 saturated carbocycles. The summed E-state index contributed by atoms with van der Waals surface area (Å²) in [7, 11) is 1.35. The number of carbonyl (C=O) groups excluding carboxylic acids is 1. The Kier molecular flexibility index (Phi) is 10.6. The Morgan fingerprint density at radius 3 is 2.23 bits per heavy atom. The fourth-order valence-corrected chi connectivity index (χ4v) is 2.91. The van der Waals surface area contributed by atoms with Gasteiger partial charge in [-0.2, -0.15) is 0 Å². The van der Waals surface area contributed by atoms with Gasteiger partial charge in [-0.05, 0) is 5.56 Å². The van der Waals surface area contributed by atoms with Gasteiger partial charge in [-0.3, -0.25) is 4.79 Å². The molecular formula is C24H29NO6. The number of aliphatic hydroxyl groups excluding tert-OH is 3. The van der Waals surface area contributed by atoms with Gasteiger partial charge in [-0.15, -0.1) is 0 Å². The highest BCUT2D eigenvalue weighted by molar-refractivity contribution is 5.88. The van der Waals surface area contributed by atoms with Crippen molar-refractivity contribution < 1.29 is 29.6 Å². The van der Waals surface area contributed by atoms with Crippen molar-refractivity contribution in [3.63, 3.8) is 0 Å². The molecule has 1 aromatic carbocycles. The van der Waals surface area contributed by atoms with E-state index in [0.717, 1.165) is 5.56 Å². The van der Waals surface area contributed by atoms with Gasteiger partial charge in [0.15, 0.2) is 6.29 Å².